The van der Waals surface area contributed by atoms with Crippen LogP contribution in [-0.2, 0) is 24.3 Å². The summed E-state index contributed by atoms with van der Waals surface area (Å²) >= 11 is 5.08. The van der Waals surface area contributed by atoms with Crippen LogP contribution in [0.1, 0.15) is 10.6 Å². The third-order valence-electron chi connectivity index (χ3n) is 2.42. The predicted octanol–water partition coefficient (Wildman–Crippen LogP) is 0.920. The molecule has 0 atom stereocenters. The topological polar surface area (TPSA) is 85.8 Å². The van der Waals surface area contributed by atoms with Crippen molar-refractivity contribution in [3.8, 4) is 0 Å². The van der Waals surface area contributed by atoms with Gasteiger partial charge in [0.05, 0.1) is 15.7 Å². The number of carbonyl (C=O) groups excluding carboxylic acids is 1. The van der Waals surface area contributed by atoms with Crippen LogP contribution in [-0.4, -0.2) is 27.4 Å². The van der Waals surface area contributed by atoms with E-state index in [1.54, 1.807) is 17.5 Å². The summed E-state index contributed by atoms with van der Waals surface area (Å²) < 4.78 is 2.59. The van der Waals surface area contributed by atoms with E-state index < -0.39 is 0 Å². The van der Waals surface area contributed by atoms with Crippen LogP contribution in [0.25, 0.3) is 0 Å². The standard InChI is InChI=1S/C11H14BrN5OS/c12-10-2-1-9(19-10)3-4-14-11(18)7-17-6-8(5-13)15-16-17/h1-2,6H,3-5,7,13H2,(H,14,18). The first-order valence-electron chi connectivity index (χ1n) is 5.77. The van der Waals surface area contributed by atoms with Crippen LogP contribution in [0.3, 0.4) is 0 Å². The molecule has 0 saturated heterocycles. The highest BCUT2D eigenvalue weighted by atomic mass is 79.9. The molecule has 102 valence electrons. The lowest BCUT2D eigenvalue weighted by atomic mass is 10.3. The van der Waals surface area contributed by atoms with Crippen LogP contribution in [0.15, 0.2) is 22.1 Å². The van der Waals surface area contributed by atoms with Gasteiger partial charge in [0.25, 0.3) is 0 Å². The van der Waals surface area contributed by atoms with Gasteiger partial charge in [0.2, 0.25) is 5.91 Å². The molecule has 2 aromatic heterocycles. The minimum Gasteiger partial charge on any atom is -0.354 e. The molecule has 0 unspecified atom stereocenters. The zero-order chi connectivity index (χ0) is 13.7. The quantitative estimate of drug-likeness (QED) is 0.816. The zero-order valence-corrected chi connectivity index (χ0v) is 12.6. The van der Waals surface area contributed by atoms with Gasteiger partial charge in [-0.2, -0.15) is 0 Å². The molecule has 0 aliphatic rings. The molecule has 2 aromatic rings. The van der Waals surface area contributed by atoms with Crippen molar-refractivity contribution < 1.29 is 4.79 Å². The summed E-state index contributed by atoms with van der Waals surface area (Å²) in [5.41, 5.74) is 6.10. The summed E-state index contributed by atoms with van der Waals surface area (Å²) in [5.74, 6) is -0.0795. The summed E-state index contributed by atoms with van der Waals surface area (Å²) in [4.78, 5) is 12.9. The lowest BCUT2D eigenvalue weighted by Crippen LogP contribution is -2.29. The van der Waals surface area contributed by atoms with Crippen molar-refractivity contribution in [2.45, 2.75) is 19.5 Å². The third kappa shape index (κ3) is 4.41. The second kappa shape index (κ2) is 6.78. The fraction of sp³-hybridized carbons (Fsp3) is 0.364. The molecule has 8 heteroatoms. The first kappa shape index (κ1) is 14.2. The third-order valence-corrected chi connectivity index (χ3v) is 4.11. The Morgan fingerprint density at radius 3 is 3.00 bits per heavy atom. The van der Waals surface area contributed by atoms with Gasteiger partial charge in [-0.15, -0.1) is 16.4 Å². The van der Waals surface area contributed by atoms with Crippen molar-refractivity contribution >= 4 is 33.2 Å². The molecular weight excluding hydrogens is 330 g/mol. The van der Waals surface area contributed by atoms with Crippen LogP contribution in [0.4, 0.5) is 0 Å². The van der Waals surface area contributed by atoms with E-state index in [0.29, 0.717) is 18.8 Å². The highest BCUT2D eigenvalue weighted by Gasteiger charge is 2.05. The number of nitrogens with two attached hydrogens (primary N) is 1. The van der Waals surface area contributed by atoms with Crippen LogP contribution in [0.5, 0.6) is 0 Å². The van der Waals surface area contributed by atoms with Gasteiger partial charge in [-0.05, 0) is 34.5 Å². The number of hydrogen-bond donors (Lipinski definition) is 2. The van der Waals surface area contributed by atoms with Gasteiger partial charge in [-0.25, -0.2) is 4.68 Å². The predicted molar refractivity (Wildman–Crippen MR) is 76.6 cm³/mol. The molecule has 19 heavy (non-hydrogen) atoms. The molecule has 0 aliphatic carbocycles. The fourth-order valence-electron chi connectivity index (χ4n) is 1.52. The number of nitrogens with one attached hydrogen (secondary N) is 1. The van der Waals surface area contributed by atoms with E-state index in [0.717, 1.165) is 10.2 Å². The fourth-order valence-corrected chi connectivity index (χ4v) is 3.01. The number of hydrogen-bond acceptors (Lipinski definition) is 5. The van der Waals surface area contributed by atoms with E-state index in [1.807, 2.05) is 12.1 Å². The molecule has 0 spiro atoms. The molecule has 3 N–H and O–H groups in total. The van der Waals surface area contributed by atoms with Crippen molar-refractivity contribution in [1.29, 1.82) is 0 Å². The minimum atomic E-state index is -0.0795. The van der Waals surface area contributed by atoms with Crippen LogP contribution >= 0.6 is 27.3 Å². The normalized spacial score (nSPS) is 10.6. The highest BCUT2D eigenvalue weighted by Crippen LogP contribution is 2.21. The largest absolute Gasteiger partial charge is 0.354 e. The van der Waals surface area contributed by atoms with Crippen LogP contribution in [0, 0.1) is 0 Å². The molecule has 0 bridgehead atoms. The monoisotopic (exact) mass is 343 g/mol. The minimum absolute atomic E-state index is 0.0795. The first-order chi connectivity index (χ1) is 9.17. The van der Waals surface area contributed by atoms with Gasteiger partial charge >= 0.3 is 0 Å². The van der Waals surface area contributed by atoms with Crippen molar-refractivity contribution in [2.75, 3.05) is 6.54 Å². The maximum absolute atomic E-state index is 11.7. The molecule has 2 heterocycles. The van der Waals surface area contributed by atoms with Gasteiger partial charge in [0.15, 0.2) is 0 Å². The van der Waals surface area contributed by atoms with Gasteiger partial charge in [0.1, 0.15) is 6.54 Å². The maximum atomic E-state index is 11.7. The van der Waals surface area contributed by atoms with Crippen LogP contribution < -0.4 is 11.1 Å². The van der Waals surface area contributed by atoms with E-state index in [9.17, 15) is 4.79 Å². The molecule has 1 amide bonds. The number of halogens is 1. The Hall–Kier alpha value is -1.25. The van der Waals surface area contributed by atoms with Gasteiger partial charge in [-0.3, -0.25) is 4.79 Å². The van der Waals surface area contributed by atoms with Gasteiger partial charge < -0.3 is 11.1 Å². The average molecular weight is 344 g/mol. The van der Waals surface area contributed by atoms with Crippen molar-refractivity contribution in [3.63, 3.8) is 0 Å². The molecule has 0 aliphatic heterocycles. The maximum Gasteiger partial charge on any atom is 0.241 e. The summed E-state index contributed by atoms with van der Waals surface area (Å²) in [5, 5.41) is 10.5. The highest BCUT2D eigenvalue weighted by molar-refractivity contribution is 9.11. The summed E-state index contributed by atoms with van der Waals surface area (Å²) in [6.07, 6.45) is 2.50. The molecule has 0 aromatic carbocycles. The zero-order valence-electron chi connectivity index (χ0n) is 10.2. The average Bonchev–Trinajstić information content (AvgIpc) is 2.98. The lowest BCUT2D eigenvalue weighted by molar-refractivity contribution is -0.121. The van der Waals surface area contributed by atoms with Crippen molar-refractivity contribution in [3.05, 3.63) is 32.7 Å². The number of amides is 1. The summed E-state index contributed by atoms with van der Waals surface area (Å²) in [6.45, 7) is 1.11. The number of nitrogens with zero attached hydrogens (tertiary/aromatic N) is 3. The number of thiophene rings is 1. The second-order valence-electron chi connectivity index (χ2n) is 3.92. The van der Waals surface area contributed by atoms with E-state index in [2.05, 4.69) is 31.6 Å². The van der Waals surface area contributed by atoms with Crippen LogP contribution in [0.2, 0.25) is 0 Å². The van der Waals surface area contributed by atoms with E-state index in [4.69, 9.17) is 5.73 Å². The van der Waals surface area contributed by atoms with Gasteiger partial charge in [0, 0.05) is 18.0 Å². The Morgan fingerprint density at radius 1 is 1.53 bits per heavy atom. The Labute approximate surface area is 123 Å². The van der Waals surface area contributed by atoms with Crippen molar-refractivity contribution in [2.24, 2.45) is 5.73 Å². The molecule has 2 rings (SSSR count). The first-order valence-corrected chi connectivity index (χ1v) is 7.38. The van der Waals surface area contributed by atoms with E-state index in [-0.39, 0.29) is 12.5 Å². The molecule has 0 radical (unpaired) electrons. The Bertz CT molecular complexity index is 553. The Morgan fingerprint density at radius 2 is 2.37 bits per heavy atom. The molecule has 0 saturated carbocycles. The number of carbonyl (C=O) groups is 1. The van der Waals surface area contributed by atoms with E-state index in [1.165, 1.54) is 9.56 Å². The molecular formula is C11H14BrN5OS. The van der Waals surface area contributed by atoms with E-state index >= 15 is 0 Å². The summed E-state index contributed by atoms with van der Waals surface area (Å²) in [7, 11) is 0. The van der Waals surface area contributed by atoms with Crippen molar-refractivity contribution in [1.82, 2.24) is 20.3 Å². The molecule has 0 fully saturated rings. The Balaban J connectivity index is 1.72. The SMILES string of the molecule is NCc1cn(CC(=O)NCCc2ccc(Br)s2)nn1. The number of rotatable bonds is 6. The smallest absolute Gasteiger partial charge is 0.241 e. The lowest BCUT2D eigenvalue weighted by Gasteiger charge is -2.03. The van der Waals surface area contributed by atoms with Gasteiger partial charge in [-0.1, -0.05) is 5.21 Å². The molecule has 6 nitrogen and oxygen atoms in total. The summed E-state index contributed by atoms with van der Waals surface area (Å²) in [6, 6.07) is 4.05. The number of aromatic nitrogens is 3. The Kier molecular flexibility index (Phi) is 5.06. The second-order valence-corrected chi connectivity index (χ2v) is 6.46.